The Kier molecular flexibility index (Phi) is 6.27. The topological polar surface area (TPSA) is 96.9 Å². The van der Waals surface area contributed by atoms with Gasteiger partial charge in [0.1, 0.15) is 12.1 Å². The Balaban J connectivity index is 1.36. The average Bonchev–Trinajstić information content (AvgIpc) is 3.60. The maximum Gasteiger partial charge on any atom is 0.418 e. The Labute approximate surface area is 191 Å². The Morgan fingerprint density at radius 1 is 1.03 bits per heavy atom. The van der Waals surface area contributed by atoms with E-state index in [9.17, 15) is 27.2 Å². The Morgan fingerprint density at radius 3 is 2.38 bits per heavy atom. The Morgan fingerprint density at radius 2 is 1.76 bits per heavy atom. The number of halogens is 4. The van der Waals surface area contributed by atoms with Crippen LogP contribution in [0.3, 0.4) is 0 Å². The first-order chi connectivity index (χ1) is 16.2. The highest BCUT2D eigenvalue weighted by Gasteiger charge is 2.51. The molecule has 1 aliphatic carbocycles. The lowest BCUT2D eigenvalue weighted by Crippen LogP contribution is -2.33. The average molecular weight is 473 g/mol. The molecule has 1 aliphatic rings. The second kappa shape index (κ2) is 9.16. The van der Waals surface area contributed by atoms with Gasteiger partial charge in [-0.3, -0.25) is 14.6 Å². The van der Waals surface area contributed by atoms with Gasteiger partial charge in [-0.25, -0.2) is 14.4 Å². The van der Waals surface area contributed by atoms with Crippen LogP contribution in [0.4, 0.5) is 28.9 Å². The molecule has 176 valence electrons. The number of Topliss-reactive ketones (excluding diaryl/α,β-unsaturated/α-hetero) is 1. The van der Waals surface area contributed by atoms with E-state index >= 15 is 0 Å². The zero-order valence-corrected chi connectivity index (χ0v) is 17.7. The minimum absolute atomic E-state index is 0.0483. The Hall–Kier alpha value is -3.89. The third-order valence-electron chi connectivity index (χ3n) is 5.56. The van der Waals surface area contributed by atoms with Gasteiger partial charge >= 0.3 is 6.18 Å². The van der Waals surface area contributed by atoms with Gasteiger partial charge in [-0.15, -0.1) is 0 Å². The molecule has 0 bridgehead atoms. The van der Waals surface area contributed by atoms with E-state index in [1.54, 1.807) is 0 Å². The molecular weight excluding hydrogens is 454 g/mol. The van der Waals surface area contributed by atoms with Gasteiger partial charge in [0.15, 0.2) is 5.78 Å². The van der Waals surface area contributed by atoms with Crippen LogP contribution >= 0.6 is 0 Å². The van der Waals surface area contributed by atoms with Gasteiger partial charge in [0.2, 0.25) is 5.91 Å². The maximum absolute atomic E-state index is 14.0. The van der Waals surface area contributed by atoms with Crippen molar-refractivity contribution in [1.29, 1.82) is 0 Å². The highest BCUT2D eigenvalue weighted by Crippen LogP contribution is 2.49. The van der Waals surface area contributed by atoms with Gasteiger partial charge in [-0.1, -0.05) is 6.07 Å². The van der Waals surface area contributed by atoms with Crippen molar-refractivity contribution in [1.82, 2.24) is 20.3 Å². The molecular formula is C23H19F4N5O2. The van der Waals surface area contributed by atoms with E-state index < -0.39 is 28.7 Å². The molecule has 11 heteroatoms. The molecule has 1 fully saturated rings. The summed E-state index contributed by atoms with van der Waals surface area (Å²) < 4.78 is 53.5. The van der Waals surface area contributed by atoms with Crippen molar-refractivity contribution in [2.75, 3.05) is 5.32 Å². The third kappa shape index (κ3) is 5.19. The number of hydrogen-bond acceptors (Lipinski definition) is 6. The summed E-state index contributed by atoms with van der Waals surface area (Å²) in [6, 6.07) is 5.64. The monoisotopic (exact) mass is 473 g/mol. The van der Waals surface area contributed by atoms with E-state index in [2.05, 4.69) is 25.6 Å². The summed E-state index contributed by atoms with van der Waals surface area (Å²) in [5, 5.41) is 5.17. The fourth-order valence-corrected chi connectivity index (χ4v) is 3.48. The fourth-order valence-electron chi connectivity index (χ4n) is 3.48. The molecule has 4 rings (SSSR count). The second-order valence-corrected chi connectivity index (χ2v) is 8.01. The number of hydrogen-bond donors (Lipinski definition) is 2. The van der Waals surface area contributed by atoms with Crippen molar-refractivity contribution in [2.24, 2.45) is 5.41 Å². The molecule has 1 aromatic carbocycles. The number of benzene rings is 1. The first-order valence-electron chi connectivity index (χ1n) is 10.3. The quantitative estimate of drug-likeness (QED) is 0.371. The first-order valence-corrected chi connectivity index (χ1v) is 10.3. The maximum atomic E-state index is 14.0. The molecule has 1 saturated carbocycles. The molecule has 7 nitrogen and oxygen atoms in total. The van der Waals surface area contributed by atoms with Crippen molar-refractivity contribution >= 4 is 23.1 Å². The van der Waals surface area contributed by atoms with Crippen LogP contribution in [0, 0.1) is 11.2 Å². The van der Waals surface area contributed by atoms with E-state index in [1.807, 2.05) is 0 Å². The highest BCUT2D eigenvalue weighted by molar-refractivity contribution is 6.00. The highest BCUT2D eigenvalue weighted by atomic mass is 19.4. The van der Waals surface area contributed by atoms with Crippen molar-refractivity contribution in [3.8, 4) is 0 Å². The SMILES string of the molecule is O=C(CC1(C(=O)NCc2ccc(Nc3c(F)cccc3C(F)(F)F)cn2)CC1)c1cncnc1. The number of aromatic nitrogens is 3. The van der Waals surface area contributed by atoms with E-state index in [0.717, 1.165) is 18.2 Å². The van der Waals surface area contributed by atoms with Crippen molar-refractivity contribution < 1.29 is 27.2 Å². The molecule has 2 N–H and O–H groups in total. The van der Waals surface area contributed by atoms with Gasteiger partial charge < -0.3 is 10.6 Å². The predicted molar refractivity (Wildman–Crippen MR) is 113 cm³/mol. The largest absolute Gasteiger partial charge is 0.418 e. The van der Waals surface area contributed by atoms with E-state index in [-0.39, 0.29) is 30.3 Å². The van der Waals surface area contributed by atoms with Crippen LogP contribution in [0.25, 0.3) is 0 Å². The molecule has 0 unspecified atom stereocenters. The smallest absolute Gasteiger partial charge is 0.351 e. The number of anilines is 2. The van der Waals surface area contributed by atoms with Gasteiger partial charge in [0, 0.05) is 18.8 Å². The fraction of sp³-hybridized carbons (Fsp3) is 0.261. The molecule has 2 aromatic heterocycles. The van der Waals surface area contributed by atoms with E-state index in [4.69, 9.17) is 0 Å². The number of alkyl halides is 3. The van der Waals surface area contributed by atoms with Crippen LogP contribution in [0.5, 0.6) is 0 Å². The molecule has 0 spiro atoms. The van der Waals surface area contributed by atoms with Crippen molar-refractivity contribution in [3.63, 3.8) is 0 Å². The minimum atomic E-state index is -4.73. The normalized spacial score (nSPS) is 14.4. The van der Waals surface area contributed by atoms with Gasteiger partial charge in [0.05, 0.1) is 46.4 Å². The van der Waals surface area contributed by atoms with Crippen LogP contribution in [0.15, 0.2) is 55.2 Å². The van der Waals surface area contributed by atoms with Gasteiger partial charge in [-0.05, 0) is 37.1 Å². The predicted octanol–water partition coefficient (Wildman–Crippen LogP) is 4.44. The van der Waals surface area contributed by atoms with Crippen LogP contribution < -0.4 is 10.6 Å². The molecule has 2 heterocycles. The molecule has 0 radical (unpaired) electrons. The minimum Gasteiger partial charge on any atom is -0.351 e. The standard InChI is InChI=1S/C23H19F4N5O2/c24-18-3-1-2-17(23(25,26)27)20(18)32-16-5-4-15(30-12-16)11-31-21(34)22(6-7-22)8-19(33)14-9-28-13-29-10-14/h1-5,9-10,12-13,32H,6-8,11H2,(H,31,34). The number of pyridine rings is 1. The van der Waals surface area contributed by atoms with Crippen LogP contribution in [0.2, 0.25) is 0 Å². The molecule has 34 heavy (non-hydrogen) atoms. The van der Waals surface area contributed by atoms with Gasteiger partial charge in [-0.2, -0.15) is 13.2 Å². The molecule has 0 atom stereocenters. The summed E-state index contributed by atoms with van der Waals surface area (Å²) in [6.45, 7) is 0.0665. The van der Waals surface area contributed by atoms with Crippen LogP contribution in [-0.4, -0.2) is 26.6 Å². The molecule has 0 aliphatic heterocycles. The van der Waals surface area contributed by atoms with Crippen molar-refractivity contribution in [2.45, 2.75) is 32.0 Å². The number of para-hydroxylation sites is 1. The summed E-state index contributed by atoms with van der Waals surface area (Å²) in [7, 11) is 0. The second-order valence-electron chi connectivity index (χ2n) is 8.01. The number of rotatable bonds is 8. The number of nitrogens with one attached hydrogen (secondary N) is 2. The number of nitrogens with zero attached hydrogens (tertiary/aromatic N) is 3. The summed E-state index contributed by atoms with van der Waals surface area (Å²) in [5.41, 5.74) is -1.65. The lowest BCUT2D eigenvalue weighted by Gasteiger charge is -2.16. The number of carbonyl (C=O) groups is 2. The van der Waals surface area contributed by atoms with Gasteiger partial charge in [0.25, 0.3) is 0 Å². The zero-order valence-electron chi connectivity index (χ0n) is 17.7. The summed E-state index contributed by atoms with van der Waals surface area (Å²) in [5.74, 6) is -1.53. The number of carbonyl (C=O) groups excluding carboxylic acids is 2. The van der Waals surface area contributed by atoms with Crippen LogP contribution in [-0.2, 0) is 17.5 Å². The summed E-state index contributed by atoms with van der Waals surface area (Å²) >= 11 is 0. The first kappa shape index (κ1) is 23.3. The van der Waals surface area contributed by atoms with Crippen LogP contribution in [0.1, 0.15) is 40.9 Å². The Bertz CT molecular complexity index is 1200. The zero-order chi connectivity index (χ0) is 24.3. The summed E-state index contributed by atoms with van der Waals surface area (Å²) in [4.78, 5) is 36.8. The molecule has 3 aromatic rings. The molecule has 1 amide bonds. The lowest BCUT2D eigenvalue weighted by atomic mass is 9.96. The molecule has 0 saturated heterocycles. The number of ketones is 1. The van der Waals surface area contributed by atoms with Crippen molar-refractivity contribution in [3.05, 3.63) is 77.9 Å². The number of amides is 1. The third-order valence-corrected chi connectivity index (χ3v) is 5.56. The van der Waals surface area contributed by atoms with E-state index in [1.165, 1.54) is 37.1 Å². The lowest BCUT2D eigenvalue weighted by molar-refractivity contribution is -0.137. The summed E-state index contributed by atoms with van der Waals surface area (Å²) in [6.07, 6.45) is 1.86. The van der Waals surface area contributed by atoms with E-state index in [0.29, 0.717) is 24.1 Å².